The van der Waals surface area contributed by atoms with Crippen LogP contribution in [-0.2, 0) is 9.84 Å². The SMILES string of the molecule is Cc1cccc(C(=O)N2CC3(C2)[C@@H](COc2nccc(C)n2)CCS3(=O)=O)c1. The first-order valence-electron chi connectivity index (χ1n) is 9.31. The number of aryl methyl sites for hydroxylation is 2. The monoisotopic (exact) mass is 401 g/mol. The smallest absolute Gasteiger partial charge is 0.316 e. The second-order valence-corrected chi connectivity index (χ2v) is 10.1. The van der Waals surface area contributed by atoms with Gasteiger partial charge >= 0.3 is 6.01 Å². The van der Waals surface area contributed by atoms with E-state index in [-0.39, 0.29) is 43.3 Å². The van der Waals surface area contributed by atoms with Crippen LogP contribution in [0.25, 0.3) is 0 Å². The van der Waals surface area contributed by atoms with Crippen molar-refractivity contribution in [1.82, 2.24) is 14.9 Å². The summed E-state index contributed by atoms with van der Waals surface area (Å²) in [7, 11) is -3.28. The van der Waals surface area contributed by atoms with Crippen LogP contribution in [0.15, 0.2) is 36.5 Å². The summed E-state index contributed by atoms with van der Waals surface area (Å²) < 4.78 is 30.3. The first kappa shape index (κ1) is 18.9. The van der Waals surface area contributed by atoms with E-state index in [9.17, 15) is 13.2 Å². The fourth-order valence-electron chi connectivity index (χ4n) is 4.08. The third-order valence-corrected chi connectivity index (χ3v) is 8.36. The van der Waals surface area contributed by atoms with E-state index in [0.717, 1.165) is 11.3 Å². The Bertz CT molecular complexity index is 1020. The maximum atomic E-state index is 12.8. The third kappa shape index (κ3) is 3.15. The normalized spacial score (nSPS) is 22.1. The number of benzene rings is 1. The Labute approximate surface area is 164 Å². The molecule has 28 heavy (non-hydrogen) atoms. The summed E-state index contributed by atoms with van der Waals surface area (Å²) in [4.78, 5) is 22.6. The molecule has 148 valence electrons. The lowest BCUT2D eigenvalue weighted by Gasteiger charge is -2.49. The molecule has 2 aliphatic rings. The van der Waals surface area contributed by atoms with Crippen molar-refractivity contribution in [3.05, 3.63) is 53.3 Å². The van der Waals surface area contributed by atoms with Crippen LogP contribution in [0.3, 0.4) is 0 Å². The van der Waals surface area contributed by atoms with Crippen molar-refractivity contribution in [3.8, 4) is 6.01 Å². The number of rotatable bonds is 4. The highest BCUT2D eigenvalue weighted by atomic mass is 32.2. The minimum absolute atomic E-state index is 0.127. The number of aromatic nitrogens is 2. The fourth-order valence-corrected chi connectivity index (χ4v) is 6.48. The standard InChI is InChI=1S/C20H23N3O4S/c1-14-4-3-5-16(10-14)18(24)23-12-20(13-23)17(7-9-28(20,25)26)11-27-19-21-8-6-15(2)22-19/h3-6,8,10,17H,7,9,11-13H2,1-2H3/t17-/m1/s1. The zero-order chi connectivity index (χ0) is 19.9. The molecule has 0 bridgehead atoms. The zero-order valence-corrected chi connectivity index (χ0v) is 16.8. The molecule has 1 aromatic carbocycles. The average molecular weight is 401 g/mol. The minimum atomic E-state index is -3.28. The van der Waals surface area contributed by atoms with E-state index in [1.54, 1.807) is 23.2 Å². The summed E-state index contributed by atoms with van der Waals surface area (Å²) in [6.45, 7) is 4.43. The van der Waals surface area contributed by atoms with Crippen LogP contribution in [0.1, 0.15) is 28.0 Å². The van der Waals surface area contributed by atoms with Crippen molar-refractivity contribution in [1.29, 1.82) is 0 Å². The van der Waals surface area contributed by atoms with Crippen molar-refractivity contribution in [2.45, 2.75) is 25.0 Å². The maximum absolute atomic E-state index is 12.8. The molecule has 1 spiro atoms. The van der Waals surface area contributed by atoms with Gasteiger partial charge in [0.1, 0.15) is 4.75 Å². The highest BCUT2D eigenvalue weighted by Crippen LogP contribution is 2.45. The van der Waals surface area contributed by atoms with Gasteiger partial charge in [-0.3, -0.25) is 4.79 Å². The largest absolute Gasteiger partial charge is 0.463 e. The van der Waals surface area contributed by atoms with Crippen LogP contribution < -0.4 is 4.74 Å². The van der Waals surface area contributed by atoms with Crippen LogP contribution in [0, 0.1) is 19.8 Å². The van der Waals surface area contributed by atoms with Crippen LogP contribution in [0.2, 0.25) is 0 Å². The van der Waals surface area contributed by atoms with Gasteiger partial charge in [-0.05, 0) is 38.5 Å². The molecule has 0 aliphatic carbocycles. The number of ether oxygens (including phenoxy) is 1. The van der Waals surface area contributed by atoms with Gasteiger partial charge in [0.15, 0.2) is 9.84 Å². The van der Waals surface area contributed by atoms with E-state index in [2.05, 4.69) is 9.97 Å². The van der Waals surface area contributed by atoms with E-state index in [1.165, 1.54) is 0 Å². The van der Waals surface area contributed by atoms with Gasteiger partial charge in [-0.15, -0.1) is 0 Å². The van der Waals surface area contributed by atoms with Crippen LogP contribution in [0.4, 0.5) is 0 Å². The van der Waals surface area contributed by atoms with E-state index in [1.807, 2.05) is 32.0 Å². The predicted molar refractivity (Wildman–Crippen MR) is 104 cm³/mol. The molecule has 2 aromatic rings. The first-order valence-corrected chi connectivity index (χ1v) is 11.0. The third-order valence-electron chi connectivity index (χ3n) is 5.75. The molecule has 7 nitrogen and oxygen atoms in total. The predicted octanol–water partition coefficient (Wildman–Crippen LogP) is 1.80. The molecule has 0 N–H and O–H groups in total. The molecular formula is C20H23N3O4S. The molecule has 1 atom stereocenters. The first-order chi connectivity index (χ1) is 13.3. The summed E-state index contributed by atoms with van der Waals surface area (Å²) in [5.74, 6) is -0.177. The summed E-state index contributed by atoms with van der Waals surface area (Å²) in [6, 6.07) is 9.38. The quantitative estimate of drug-likeness (QED) is 0.776. The number of hydrogen-bond donors (Lipinski definition) is 0. The summed E-state index contributed by atoms with van der Waals surface area (Å²) in [5, 5.41) is 0. The van der Waals surface area contributed by atoms with Gasteiger partial charge in [-0.2, -0.15) is 0 Å². The molecule has 8 heteroatoms. The van der Waals surface area contributed by atoms with Gasteiger partial charge in [-0.1, -0.05) is 17.7 Å². The van der Waals surface area contributed by atoms with E-state index in [4.69, 9.17) is 4.74 Å². The molecular weight excluding hydrogens is 378 g/mol. The number of likely N-dealkylation sites (tertiary alicyclic amines) is 1. The van der Waals surface area contributed by atoms with Crippen molar-refractivity contribution >= 4 is 15.7 Å². The molecule has 0 saturated carbocycles. The van der Waals surface area contributed by atoms with Crippen LogP contribution in [-0.4, -0.2) is 59.4 Å². The van der Waals surface area contributed by atoms with Gasteiger partial charge in [-0.25, -0.2) is 18.4 Å². The Morgan fingerprint density at radius 1 is 1.29 bits per heavy atom. The Kier molecular flexibility index (Phi) is 4.61. The van der Waals surface area contributed by atoms with Crippen molar-refractivity contribution in [3.63, 3.8) is 0 Å². The zero-order valence-electron chi connectivity index (χ0n) is 16.0. The molecule has 1 aromatic heterocycles. The highest BCUT2D eigenvalue weighted by molar-refractivity contribution is 7.93. The molecule has 4 rings (SSSR count). The van der Waals surface area contributed by atoms with Gasteiger partial charge < -0.3 is 9.64 Å². The van der Waals surface area contributed by atoms with E-state index in [0.29, 0.717) is 12.0 Å². The van der Waals surface area contributed by atoms with Crippen LogP contribution >= 0.6 is 0 Å². The topological polar surface area (TPSA) is 89.5 Å². The molecule has 0 unspecified atom stereocenters. The number of nitrogens with zero attached hydrogens (tertiary/aromatic N) is 3. The van der Waals surface area contributed by atoms with Gasteiger partial charge in [0.25, 0.3) is 5.91 Å². The summed E-state index contributed by atoms with van der Waals surface area (Å²) >= 11 is 0. The lowest BCUT2D eigenvalue weighted by molar-refractivity contribution is 0.0403. The van der Waals surface area contributed by atoms with Gasteiger partial charge in [0.05, 0.1) is 12.4 Å². The maximum Gasteiger partial charge on any atom is 0.316 e. The van der Waals surface area contributed by atoms with Gasteiger partial charge in [0.2, 0.25) is 0 Å². The van der Waals surface area contributed by atoms with E-state index >= 15 is 0 Å². The Balaban J connectivity index is 1.48. The van der Waals surface area contributed by atoms with Crippen molar-refractivity contribution in [2.75, 3.05) is 25.4 Å². The molecule has 2 saturated heterocycles. The second-order valence-electron chi connectivity index (χ2n) is 7.69. The number of sulfone groups is 1. The molecule has 1 amide bonds. The molecule has 2 aliphatic heterocycles. The van der Waals surface area contributed by atoms with Crippen molar-refractivity contribution < 1.29 is 17.9 Å². The fraction of sp³-hybridized carbons (Fsp3) is 0.450. The van der Waals surface area contributed by atoms with E-state index < -0.39 is 14.6 Å². The Morgan fingerprint density at radius 2 is 2.07 bits per heavy atom. The van der Waals surface area contributed by atoms with Crippen molar-refractivity contribution in [2.24, 2.45) is 5.92 Å². The highest BCUT2D eigenvalue weighted by Gasteiger charge is 2.62. The average Bonchev–Trinajstić information content (AvgIpc) is 2.88. The molecule has 2 fully saturated rings. The lowest BCUT2D eigenvalue weighted by Crippen LogP contribution is -2.68. The number of carbonyl (C=O) groups excluding carboxylic acids is 1. The lowest BCUT2D eigenvalue weighted by atomic mass is 9.83. The van der Waals surface area contributed by atoms with Gasteiger partial charge in [0, 0.05) is 36.5 Å². The Morgan fingerprint density at radius 3 is 2.79 bits per heavy atom. The second kappa shape index (κ2) is 6.84. The van der Waals surface area contributed by atoms with Crippen LogP contribution in [0.5, 0.6) is 6.01 Å². The Hall–Kier alpha value is -2.48. The summed E-state index contributed by atoms with van der Waals surface area (Å²) in [6.07, 6.45) is 2.14. The molecule has 3 heterocycles. The number of carbonyl (C=O) groups is 1. The summed E-state index contributed by atoms with van der Waals surface area (Å²) in [5.41, 5.74) is 2.38. The number of amides is 1. The molecule has 0 radical (unpaired) electrons. The minimum Gasteiger partial charge on any atom is -0.463 e. The number of hydrogen-bond acceptors (Lipinski definition) is 6.